The zero-order chi connectivity index (χ0) is 16.6. The van der Waals surface area contributed by atoms with E-state index in [2.05, 4.69) is 10.3 Å². The molecular weight excluding hydrogens is 299 g/mol. The Kier molecular flexibility index (Phi) is 6.81. The third-order valence-corrected chi connectivity index (χ3v) is 2.61. The molecule has 0 radical (unpaired) electrons. The minimum absolute atomic E-state index is 0.0321. The summed E-state index contributed by atoms with van der Waals surface area (Å²) >= 11 is 0. The number of methoxy groups -OCH3 is 1. The molecule has 0 amide bonds. The maximum Gasteiger partial charge on any atom is 0.422 e. The van der Waals surface area contributed by atoms with E-state index in [4.69, 9.17) is 15.2 Å². The lowest BCUT2D eigenvalue weighted by Crippen LogP contribution is -2.32. The number of alkyl halides is 3. The van der Waals surface area contributed by atoms with Gasteiger partial charge in [0, 0.05) is 6.54 Å². The van der Waals surface area contributed by atoms with Crippen molar-refractivity contribution in [3.8, 4) is 11.5 Å². The van der Waals surface area contributed by atoms with Crippen LogP contribution in [0.2, 0.25) is 0 Å². The highest BCUT2D eigenvalue weighted by Crippen LogP contribution is 2.30. The first-order valence-electron chi connectivity index (χ1n) is 6.76. The van der Waals surface area contributed by atoms with Crippen LogP contribution in [0.25, 0.3) is 0 Å². The van der Waals surface area contributed by atoms with Crippen LogP contribution in [0.15, 0.2) is 23.2 Å². The predicted octanol–water partition coefficient (Wildman–Crippen LogP) is 2.45. The number of aliphatic imine (C=N–C) groups is 1. The zero-order valence-electron chi connectivity index (χ0n) is 12.5. The van der Waals surface area contributed by atoms with E-state index in [1.54, 1.807) is 12.1 Å². The highest BCUT2D eigenvalue weighted by Gasteiger charge is 2.29. The third kappa shape index (κ3) is 6.55. The van der Waals surface area contributed by atoms with Crippen molar-refractivity contribution in [1.82, 2.24) is 5.32 Å². The number of benzene rings is 1. The van der Waals surface area contributed by atoms with Crippen LogP contribution in [0.5, 0.6) is 11.5 Å². The van der Waals surface area contributed by atoms with Crippen LogP contribution < -0.4 is 20.5 Å². The molecule has 0 atom stereocenters. The largest absolute Gasteiger partial charge is 0.493 e. The quantitative estimate of drug-likeness (QED) is 0.598. The Morgan fingerprint density at radius 2 is 2.05 bits per heavy atom. The monoisotopic (exact) mass is 319 g/mol. The van der Waals surface area contributed by atoms with Crippen molar-refractivity contribution in [3.63, 3.8) is 0 Å². The van der Waals surface area contributed by atoms with Gasteiger partial charge in [-0.1, -0.05) is 13.0 Å². The maximum atomic E-state index is 12.2. The Morgan fingerprint density at radius 1 is 1.32 bits per heavy atom. The van der Waals surface area contributed by atoms with Crippen molar-refractivity contribution < 1.29 is 22.6 Å². The molecule has 0 aliphatic rings. The fourth-order valence-corrected chi connectivity index (χ4v) is 1.57. The molecule has 22 heavy (non-hydrogen) atoms. The second kappa shape index (κ2) is 8.35. The van der Waals surface area contributed by atoms with Gasteiger partial charge in [0.25, 0.3) is 0 Å². The topological polar surface area (TPSA) is 68.9 Å². The Hall–Kier alpha value is -2.12. The van der Waals surface area contributed by atoms with E-state index in [1.807, 2.05) is 6.92 Å². The van der Waals surface area contributed by atoms with Crippen LogP contribution in [-0.4, -0.2) is 32.4 Å². The molecule has 0 spiro atoms. The van der Waals surface area contributed by atoms with Gasteiger partial charge in [-0.3, -0.25) is 0 Å². The molecule has 0 unspecified atom stereocenters. The average molecular weight is 319 g/mol. The van der Waals surface area contributed by atoms with Gasteiger partial charge in [0.05, 0.1) is 13.7 Å². The number of nitrogens with two attached hydrogens (primary N) is 1. The molecule has 0 aliphatic heterocycles. The summed E-state index contributed by atoms with van der Waals surface area (Å²) in [6.07, 6.45) is -3.47. The average Bonchev–Trinajstić information content (AvgIpc) is 2.48. The lowest BCUT2D eigenvalue weighted by atomic mass is 10.2. The van der Waals surface area contributed by atoms with Crippen molar-refractivity contribution in [2.45, 2.75) is 26.1 Å². The number of nitrogens with one attached hydrogen (secondary N) is 1. The minimum atomic E-state index is -4.40. The first kappa shape index (κ1) is 17.9. The Bertz CT molecular complexity index is 505. The molecule has 0 saturated carbocycles. The van der Waals surface area contributed by atoms with E-state index in [9.17, 15) is 13.2 Å². The van der Waals surface area contributed by atoms with Gasteiger partial charge in [0.1, 0.15) is 0 Å². The van der Waals surface area contributed by atoms with Crippen LogP contribution in [0, 0.1) is 0 Å². The molecule has 0 aromatic heterocycles. The first-order chi connectivity index (χ1) is 10.4. The number of guanidine groups is 1. The molecule has 1 aromatic carbocycles. The van der Waals surface area contributed by atoms with Crippen LogP contribution in [0.3, 0.4) is 0 Å². The predicted molar refractivity (Wildman–Crippen MR) is 78.2 cm³/mol. The highest BCUT2D eigenvalue weighted by atomic mass is 19.4. The highest BCUT2D eigenvalue weighted by molar-refractivity contribution is 5.77. The summed E-state index contributed by atoms with van der Waals surface area (Å²) < 4.78 is 46.2. The summed E-state index contributed by atoms with van der Waals surface area (Å²) in [5, 5.41) is 2.93. The maximum absolute atomic E-state index is 12.2. The molecule has 0 heterocycles. The fraction of sp³-hybridized carbons (Fsp3) is 0.500. The molecule has 124 valence electrons. The van der Waals surface area contributed by atoms with Gasteiger partial charge in [-0.2, -0.15) is 13.2 Å². The molecule has 1 rings (SSSR count). The van der Waals surface area contributed by atoms with Crippen LogP contribution >= 0.6 is 0 Å². The van der Waals surface area contributed by atoms with Gasteiger partial charge < -0.3 is 20.5 Å². The van der Waals surface area contributed by atoms with Crippen LogP contribution in [0.4, 0.5) is 13.2 Å². The molecule has 0 bridgehead atoms. The Morgan fingerprint density at radius 3 is 2.64 bits per heavy atom. The SMILES string of the molecule is CCCNC(N)=NCc1ccc(OCC(F)(F)F)c(OC)c1. The molecule has 0 aliphatic carbocycles. The van der Waals surface area contributed by atoms with Crippen molar-refractivity contribution in [1.29, 1.82) is 0 Å². The molecule has 3 N–H and O–H groups in total. The normalized spacial score (nSPS) is 12.1. The number of halogens is 3. The van der Waals surface area contributed by atoms with Crippen molar-refractivity contribution in [3.05, 3.63) is 23.8 Å². The Balaban J connectivity index is 2.71. The van der Waals surface area contributed by atoms with Gasteiger partial charge in [-0.05, 0) is 24.1 Å². The minimum Gasteiger partial charge on any atom is -0.493 e. The van der Waals surface area contributed by atoms with E-state index in [0.717, 1.165) is 18.5 Å². The fourth-order valence-electron chi connectivity index (χ4n) is 1.57. The van der Waals surface area contributed by atoms with Crippen molar-refractivity contribution in [2.24, 2.45) is 10.7 Å². The summed E-state index contributed by atoms with van der Waals surface area (Å²) in [6, 6.07) is 4.61. The number of ether oxygens (including phenoxy) is 2. The molecule has 0 saturated heterocycles. The number of rotatable bonds is 7. The number of hydrogen-bond donors (Lipinski definition) is 2. The van der Waals surface area contributed by atoms with E-state index < -0.39 is 12.8 Å². The molecular formula is C14H20F3N3O2. The van der Waals surface area contributed by atoms with E-state index in [0.29, 0.717) is 12.5 Å². The first-order valence-corrected chi connectivity index (χ1v) is 6.76. The van der Waals surface area contributed by atoms with Crippen LogP contribution in [-0.2, 0) is 6.54 Å². The summed E-state index contributed by atoms with van der Waals surface area (Å²) in [4.78, 5) is 4.13. The Labute approximate surface area is 127 Å². The second-order valence-electron chi connectivity index (χ2n) is 4.52. The molecule has 8 heteroatoms. The van der Waals surface area contributed by atoms with Gasteiger partial charge in [0.15, 0.2) is 24.1 Å². The van der Waals surface area contributed by atoms with E-state index in [-0.39, 0.29) is 11.5 Å². The standard InChI is InChI=1S/C14H20F3N3O2/c1-3-6-19-13(18)20-8-10-4-5-11(12(7-10)21-2)22-9-14(15,16)17/h4-5,7H,3,6,8-9H2,1-2H3,(H3,18,19,20). The van der Waals surface area contributed by atoms with Gasteiger partial charge >= 0.3 is 6.18 Å². The third-order valence-electron chi connectivity index (χ3n) is 2.61. The summed E-state index contributed by atoms with van der Waals surface area (Å²) in [7, 11) is 1.36. The van der Waals surface area contributed by atoms with Crippen molar-refractivity contribution >= 4 is 5.96 Å². The molecule has 0 fully saturated rings. The number of hydrogen-bond acceptors (Lipinski definition) is 3. The lowest BCUT2D eigenvalue weighted by molar-refractivity contribution is -0.153. The summed E-state index contributed by atoms with van der Waals surface area (Å²) in [5.41, 5.74) is 6.41. The smallest absolute Gasteiger partial charge is 0.422 e. The lowest BCUT2D eigenvalue weighted by Gasteiger charge is -2.13. The number of nitrogens with zero attached hydrogens (tertiary/aromatic N) is 1. The van der Waals surface area contributed by atoms with Gasteiger partial charge in [-0.15, -0.1) is 0 Å². The molecule has 1 aromatic rings. The van der Waals surface area contributed by atoms with Gasteiger partial charge in [-0.25, -0.2) is 4.99 Å². The summed E-state index contributed by atoms with van der Waals surface area (Å²) in [6.45, 7) is 1.65. The van der Waals surface area contributed by atoms with Crippen molar-refractivity contribution in [2.75, 3.05) is 20.3 Å². The van der Waals surface area contributed by atoms with Crippen LogP contribution in [0.1, 0.15) is 18.9 Å². The second-order valence-corrected chi connectivity index (χ2v) is 4.52. The van der Waals surface area contributed by atoms with Gasteiger partial charge in [0.2, 0.25) is 0 Å². The zero-order valence-corrected chi connectivity index (χ0v) is 12.5. The molecule has 5 nitrogen and oxygen atoms in total. The van der Waals surface area contributed by atoms with E-state index in [1.165, 1.54) is 13.2 Å². The van der Waals surface area contributed by atoms with E-state index >= 15 is 0 Å². The summed E-state index contributed by atoms with van der Waals surface area (Å²) in [5.74, 6) is 0.569.